The van der Waals surface area contributed by atoms with E-state index in [0.717, 1.165) is 12.1 Å². The van der Waals surface area contributed by atoms with Crippen molar-refractivity contribution in [2.24, 2.45) is 5.89 Å². The maximum Gasteiger partial charge on any atom is 0.119 e. The van der Waals surface area contributed by atoms with Crippen molar-refractivity contribution in [1.29, 1.82) is 0 Å². The second-order valence-corrected chi connectivity index (χ2v) is 4.70. The second kappa shape index (κ2) is 4.49. The van der Waals surface area contributed by atoms with E-state index in [4.69, 9.17) is 28.0 Å². The van der Waals surface area contributed by atoms with Gasteiger partial charge in [-0.15, -0.1) is 0 Å². The number of likely N-dealkylation sites (tertiary alicyclic amines) is 1. The fourth-order valence-electron chi connectivity index (χ4n) is 2.65. The molecule has 1 aromatic rings. The van der Waals surface area contributed by atoms with E-state index in [2.05, 4.69) is 0 Å². The van der Waals surface area contributed by atoms with Gasteiger partial charge in [0.1, 0.15) is 5.75 Å². The Morgan fingerprint density at radius 2 is 2.40 bits per heavy atom. The van der Waals surface area contributed by atoms with Crippen molar-refractivity contribution in [3.8, 4) is 5.75 Å². The van der Waals surface area contributed by atoms with Gasteiger partial charge in [0.25, 0.3) is 0 Å². The number of likely N-dealkylation sites (N-methyl/N-ethyl adjacent to an activating group) is 1. The van der Waals surface area contributed by atoms with Crippen molar-refractivity contribution < 1.29 is 30.8 Å². The van der Waals surface area contributed by atoms with Crippen molar-refractivity contribution in [2.45, 2.75) is 49.7 Å². The van der Waals surface area contributed by atoms with Crippen LogP contribution in [-0.4, -0.2) is 31.5 Å². The first-order valence-corrected chi connectivity index (χ1v) is 6.04. The highest BCUT2D eigenvalue weighted by Crippen LogP contribution is 2.55. The number of fused-ring (bicyclic) bond motifs is 1. The summed E-state index contributed by atoms with van der Waals surface area (Å²) in [5.41, 5.74) is -5.61. The standard InChI is InChI=1S/C18H25NO/c1-19-10-9-18-8-4-3-5-15(18)17(19)11-13-6-7-14(20-2)12-16(13)18/h6-7,12,15,17H,3-5,8-11H2,1-2H3/t15-,17+,18+/m1/s1/i2D3,3D2,4D2,5D2,8D2,9D2,10D2,11D2,15D,17D. The zero-order valence-electron chi connectivity index (χ0n) is 29.6. The lowest BCUT2D eigenvalue weighted by Gasteiger charge is -2.58. The summed E-state index contributed by atoms with van der Waals surface area (Å²) in [6, 6.07) is -1.32. The molecule has 2 aliphatic carbocycles. The molecule has 1 saturated carbocycles. The average molecular weight is 291 g/mol. The third-order valence-corrected chi connectivity index (χ3v) is 3.62. The number of rotatable bonds is 1. The molecule has 0 radical (unpaired) electrons. The molecular formula is C18H25NO. The maximum absolute atomic E-state index is 9.52. The van der Waals surface area contributed by atoms with Gasteiger partial charge in [-0.2, -0.15) is 0 Å². The van der Waals surface area contributed by atoms with Gasteiger partial charge in [-0.25, -0.2) is 0 Å². The fourth-order valence-corrected chi connectivity index (χ4v) is 2.65. The molecular weight excluding hydrogens is 246 g/mol. The largest absolute Gasteiger partial charge is 0.497 e. The highest BCUT2D eigenvalue weighted by molar-refractivity contribution is 5.45. The molecule has 2 bridgehead atoms. The van der Waals surface area contributed by atoms with Crippen LogP contribution in [0, 0.1) is 5.89 Å². The summed E-state index contributed by atoms with van der Waals surface area (Å²) in [5, 5.41) is 0. The van der Waals surface area contributed by atoms with E-state index in [-0.39, 0.29) is 4.90 Å². The third-order valence-electron chi connectivity index (χ3n) is 3.62. The van der Waals surface area contributed by atoms with Gasteiger partial charge in [-0.05, 0) is 68.2 Å². The number of hydrogen-bond acceptors (Lipinski definition) is 2. The molecule has 0 amide bonds. The Kier molecular flexibility index (Phi) is 0.820. The zero-order chi connectivity index (χ0) is 30.6. The molecule has 0 N–H and O–H groups in total. The maximum atomic E-state index is 9.52. The molecule has 0 spiro atoms. The Morgan fingerprint density at radius 3 is 3.30 bits per heavy atom. The van der Waals surface area contributed by atoms with Crippen LogP contribution in [0.1, 0.15) is 69.0 Å². The molecule has 0 aromatic heterocycles. The fraction of sp³-hybridized carbons (Fsp3) is 0.667. The molecule has 108 valence electrons. The van der Waals surface area contributed by atoms with Crippen LogP contribution in [0.5, 0.6) is 5.75 Å². The van der Waals surface area contributed by atoms with E-state index in [1.165, 1.54) is 0 Å². The number of piperidine rings is 1. The Hall–Kier alpha value is -1.02. The van der Waals surface area contributed by atoms with Gasteiger partial charge < -0.3 is 9.64 Å². The van der Waals surface area contributed by atoms with E-state index < -0.39 is 86.0 Å². The summed E-state index contributed by atoms with van der Waals surface area (Å²) in [5.74, 6) is -4.63. The van der Waals surface area contributed by atoms with Gasteiger partial charge in [0.05, 0.1) is 11.2 Å². The quantitative estimate of drug-likeness (QED) is 0.786. The lowest BCUT2D eigenvalue weighted by Crippen LogP contribution is -2.59. The van der Waals surface area contributed by atoms with Crippen molar-refractivity contribution in [1.82, 2.24) is 4.90 Å². The SMILES string of the molecule is [2H]C([2H])([2H])Oc1ccc2c(c1)[C@@]13C([2H])([2H])C([2H])([2H])N(C)[C@@]([2H])(C2([2H])[2H])[C@@]1([2H])C([2H])([2H])C([2H])([2H])C([2H])([2H])C3([2H])[2H]. The molecule has 3 aliphatic rings. The number of hydrogen-bond donors (Lipinski definition) is 0. The van der Waals surface area contributed by atoms with Crippen molar-refractivity contribution in [3.05, 3.63) is 29.3 Å². The molecule has 20 heavy (non-hydrogen) atoms. The van der Waals surface area contributed by atoms with Gasteiger partial charge >= 0.3 is 0 Å². The first kappa shape index (κ1) is 3.65. The minimum atomic E-state index is -4.07. The van der Waals surface area contributed by atoms with Gasteiger partial charge in [0, 0.05) is 33.4 Å². The monoisotopic (exact) mass is 290 g/mol. The van der Waals surface area contributed by atoms with Crippen LogP contribution in [-0.2, 0) is 11.8 Å². The molecule has 3 atom stereocenters. The molecule has 1 aromatic carbocycles. The molecule has 4 rings (SSSR count). The molecule has 1 saturated heterocycles. The zero-order valence-corrected chi connectivity index (χ0v) is 10.6. The molecule has 2 heteroatoms. The second-order valence-electron chi connectivity index (χ2n) is 4.70. The highest BCUT2D eigenvalue weighted by Gasteiger charge is 2.53. The Bertz CT molecular complexity index is 1240. The molecule has 1 heterocycles. The van der Waals surface area contributed by atoms with E-state index in [0.29, 0.717) is 13.1 Å². The average Bonchev–Trinajstić information content (AvgIpc) is 2.73. The summed E-state index contributed by atoms with van der Waals surface area (Å²) < 4.78 is 168. The molecule has 0 unspecified atom stereocenters. The van der Waals surface area contributed by atoms with Crippen LogP contribution >= 0.6 is 0 Å². The minimum Gasteiger partial charge on any atom is -0.497 e. The summed E-state index contributed by atoms with van der Waals surface area (Å²) in [6.45, 7) is -3.59. The van der Waals surface area contributed by atoms with E-state index in [1.807, 2.05) is 0 Å². The van der Waals surface area contributed by atoms with Gasteiger partial charge in [-0.1, -0.05) is 18.8 Å². The Labute approximate surface area is 148 Å². The molecule has 1 aliphatic heterocycles. The van der Waals surface area contributed by atoms with Gasteiger partial charge in [0.2, 0.25) is 0 Å². The molecule has 2 nitrogen and oxygen atoms in total. The van der Waals surface area contributed by atoms with Gasteiger partial charge in [0.15, 0.2) is 0 Å². The lowest BCUT2D eigenvalue weighted by molar-refractivity contribution is 0.00274. The molecule has 2 fully saturated rings. The first-order chi connectivity index (χ1) is 17.0. The Morgan fingerprint density at radius 1 is 1.45 bits per heavy atom. The minimum absolute atomic E-state index is 0.103. The lowest BCUT2D eigenvalue weighted by atomic mass is 9.52. The van der Waals surface area contributed by atoms with E-state index >= 15 is 0 Å². The van der Waals surface area contributed by atoms with Crippen molar-refractivity contribution in [3.63, 3.8) is 0 Å². The van der Waals surface area contributed by atoms with Gasteiger partial charge in [-0.3, -0.25) is 0 Å². The van der Waals surface area contributed by atoms with Crippen molar-refractivity contribution >= 4 is 0 Å². The van der Waals surface area contributed by atoms with Crippen LogP contribution in [0.15, 0.2) is 18.2 Å². The van der Waals surface area contributed by atoms with E-state index in [1.54, 1.807) is 0 Å². The van der Waals surface area contributed by atoms with Crippen LogP contribution < -0.4 is 4.74 Å². The van der Waals surface area contributed by atoms with Crippen LogP contribution in [0.4, 0.5) is 0 Å². The summed E-state index contributed by atoms with van der Waals surface area (Å²) in [6.07, 6.45) is -23.4. The van der Waals surface area contributed by atoms with Crippen molar-refractivity contribution in [2.75, 3.05) is 20.6 Å². The topological polar surface area (TPSA) is 12.5 Å². The van der Waals surface area contributed by atoms with E-state index in [9.17, 15) is 2.74 Å². The normalized spacial score (nSPS) is 75.8. The van der Waals surface area contributed by atoms with Crippen LogP contribution in [0.3, 0.4) is 0 Å². The first-order valence-electron chi connectivity index (χ1n) is 15.5. The summed E-state index contributed by atoms with van der Waals surface area (Å²) in [4.78, 5) is 0.103. The number of nitrogens with zero attached hydrogens (tertiary/aromatic N) is 1. The highest BCUT2D eigenvalue weighted by atomic mass is 16.5. The predicted octanol–water partition coefficient (Wildman–Crippen LogP) is 3.38. The summed E-state index contributed by atoms with van der Waals surface area (Å²) >= 11 is 0. The summed E-state index contributed by atoms with van der Waals surface area (Å²) in [7, 11) is -2.45. The number of ether oxygens (including phenoxy) is 1. The smallest absolute Gasteiger partial charge is 0.119 e. The predicted molar refractivity (Wildman–Crippen MR) is 81.4 cm³/mol. The van der Waals surface area contributed by atoms with Crippen LogP contribution in [0.25, 0.3) is 0 Å². The Balaban J connectivity index is 2.41. The number of benzene rings is 1. The van der Waals surface area contributed by atoms with Crippen LogP contribution in [0.2, 0.25) is 0 Å². The third kappa shape index (κ3) is 1.60. The number of methoxy groups -OCH3 is 1.